The first-order valence-electron chi connectivity index (χ1n) is 6.35. The maximum atomic E-state index is 12.8. The molecule has 1 aromatic rings. The molecule has 4 nitrogen and oxygen atoms in total. The van der Waals surface area contributed by atoms with Gasteiger partial charge in [-0.05, 0) is 30.7 Å². The van der Waals surface area contributed by atoms with E-state index in [9.17, 15) is 9.18 Å². The minimum atomic E-state index is -0.317. The topological polar surface area (TPSA) is 58.4 Å². The van der Waals surface area contributed by atoms with E-state index in [1.165, 1.54) is 12.1 Å². The van der Waals surface area contributed by atoms with Gasteiger partial charge in [-0.2, -0.15) is 0 Å². The van der Waals surface area contributed by atoms with Crippen LogP contribution in [0.15, 0.2) is 36.4 Å². The Morgan fingerprint density at radius 2 is 2.16 bits per heavy atom. The summed E-state index contributed by atoms with van der Waals surface area (Å²) in [6, 6.07) is 5.85. The number of nitrogens with zero attached hydrogens (tertiary/aromatic N) is 1. The molecular weight excluding hydrogens is 245 g/mol. The Balaban J connectivity index is 1.90. The fourth-order valence-corrected chi connectivity index (χ4v) is 2.12. The number of amides is 1. The zero-order chi connectivity index (χ0) is 13.7. The normalized spacial score (nSPS) is 19.4. The van der Waals surface area contributed by atoms with Crippen LogP contribution < -0.4 is 11.1 Å². The largest absolute Gasteiger partial charge is 0.329 e. The second-order valence-corrected chi connectivity index (χ2v) is 4.55. The lowest BCUT2D eigenvalue weighted by Gasteiger charge is -2.30. The third-order valence-corrected chi connectivity index (χ3v) is 3.13. The van der Waals surface area contributed by atoms with Crippen molar-refractivity contribution >= 4 is 11.6 Å². The van der Waals surface area contributed by atoms with Gasteiger partial charge in [0.25, 0.3) is 0 Å². The Morgan fingerprint density at radius 1 is 1.42 bits per heavy atom. The van der Waals surface area contributed by atoms with Crippen LogP contribution in [0.5, 0.6) is 0 Å². The van der Waals surface area contributed by atoms with E-state index in [4.69, 9.17) is 5.73 Å². The Hall–Kier alpha value is -1.72. The van der Waals surface area contributed by atoms with Crippen LogP contribution in [0.2, 0.25) is 0 Å². The predicted molar refractivity (Wildman–Crippen MR) is 73.2 cm³/mol. The second-order valence-electron chi connectivity index (χ2n) is 4.55. The van der Waals surface area contributed by atoms with Gasteiger partial charge in [0.2, 0.25) is 5.91 Å². The highest BCUT2D eigenvalue weighted by Gasteiger charge is 2.19. The first kappa shape index (κ1) is 13.7. The van der Waals surface area contributed by atoms with E-state index in [1.54, 1.807) is 12.1 Å². The first-order valence-corrected chi connectivity index (χ1v) is 6.35. The summed E-state index contributed by atoms with van der Waals surface area (Å²) in [5, 5.41) is 2.75. The monoisotopic (exact) mass is 263 g/mol. The molecule has 0 radical (unpaired) electrons. The van der Waals surface area contributed by atoms with E-state index in [2.05, 4.69) is 11.4 Å². The summed E-state index contributed by atoms with van der Waals surface area (Å²) in [5.74, 6) is -0.428. The van der Waals surface area contributed by atoms with Crippen LogP contribution in [-0.4, -0.2) is 36.5 Å². The third kappa shape index (κ3) is 3.87. The second kappa shape index (κ2) is 6.45. The quantitative estimate of drug-likeness (QED) is 0.806. The van der Waals surface area contributed by atoms with Gasteiger partial charge < -0.3 is 11.1 Å². The summed E-state index contributed by atoms with van der Waals surface area (Å²) < 4.78 is 12.8. The molecule has 1 aliphatic rings. The first-order chi connectivity index (χ1) is 9.19. The number of benzene rings is 1. The molecule has 3 N–H and O–H groups in total. The zero-order valence-electron chi connectivity index (χ0n) is 10.7. The van der Waals surface area contributed by atoms with Crippen LogP contribution in [0.1, 0.15) is 6.42 Å². The molecule has 19 heavy (non-hydrogen) atoms. The number of nitrogens with one attached hydrogen (secondary N) is 1. The standard InChI is InChI=1S/C14H18FN3O/c15-11-4-6-12(7-5-11)17-14(19)10-18-8-2-1-3-13(18)9-16/h1,3-7,13H,2,8-10,16H2,(H,17,19). The van der Waals surface area contributed by atoms with Crippen molar-refractivity contribution in [2.75, 3.05) is 25.0 Å². The number of hydrogen-bond donors (Lipinski definition) is 2. The van der Waals surface area contributed by atoms with Crippen molar-refractivity contribution in [1.29, 1.82) is 0 Å². The number of rotatable bonds is 4. The predicted octanol–water partition coefficient (Wildman–Crippen LogP) is 1.35. The van der Waals surface area contributed by atoms with Crippen molar-refractivity contribution in [1.82, 2.24) is 4.90 Å². The molecule has 5 heteroatoms. The average Bonchev–Trinajstić information content (AvgIpc) is 2.42. The maximum absolute atomic E-state index is 12.8. The summed E-state index contributed by atoms with van der Waals surface area (Å²) in [6.07, 6.45) is 5.06. The summed E-state index contributed by atoms with van der Waals surface area (Å²) in [4.78, 5) is 14.0. The highest BCUT2D eigenvalue weighted by molar-refractivity contribution is 5.92. The lowest BCUT2D eigenvalue weighted by Crippen LogP contribution is -2.45. The summed E-state index contributed by atoms with van der Waals surface area (Å²) in [7, 11) is 0. The molecule has 2 rings (SSSR count). The van der Waals surface area contributed by atoms with Crippen LogP contribution in [0.3, 0.4) is 0 Å². The van der Waals surface area contributed by atoms with E-state index in [-0.39, 0.29) is 17.8 Å². The van der Waals surface area contributed by atoms with Gasteiger partial charge in [-0.15, -0.1) is 0 Å². The molecule has 0 aliphatic carbocycles. The van der Waals surface area contributed by atoms with Crippen LogP contribution in [0.4, 0.5) is 10.1 Å². The van der Waals surface area contributed by atoms with Crippen LogP contribution in [0, 0.1) is 5.82 Å². The number of nitrogens with two attached hydrogens (primary N) is 1. The van der Waals surface area contributed by atoms with Gasteiger partial charge in [0, 0.05) is 24.8 Å². The van der Waals surface area contributed by atoms with Crippen molar-refractivity contribution in [3.8, 4) is 0 Å². The Morgan fingerprint density at radius 3 is 2.84 bits per heavy atom. The number of halogens is 1. The van der Waals surface area contributed by atoms with E-state index in [0.29, 0.717) is 18.8 Å². The number of carbonyl (C=O) groups excluding carboxylic acids is 1. The molecule has 1 heterocycles. The van der Waals surface area contributed by atoms with Gasteiger partial charge in [-0.25, -0.2) is 4.39 Å². The Kier molecular flexibility index (Phi) is 4.65. The minimum Gasteiger partial charge on any atom is -0.329 e. The van der Waals surface area contributed by atoms with Crippen LogP contribution in [0.25, 0.3) is 0 Å². The highest BCUT2D eigenvalue weighted by atomic mass is 19.1. The molecule has 0 aromatic heterocycles. The molecule has 0 spiro atoms. The van der Waals surface area contributed by atoms with E-state index >= 15 is 0 Å². The van der Waals surface area contributed by atoms with Gasteiger partial charge in [-0.3, -0.25) is 9.69 Å². The SMILES string of the molecule is NCC1C=CCCN1CC(=O)Nc1ccc(F)cc1. The molecule has 1 aromatic carbocycles. The van der Waals surface area contributed by atoms with Crippen molar-refractivity contribution in [3.63, 3.8) is 0 Å². The molecule has 1 unspecified atom stereocenters. The van der Waals surface area contributed by atoms with Gasteiger partial charge in [-0.1, -0.05) is 12.2 Å². The number of hydrogen-bond acceptors (Lipinski definition) is 3. The summed E-state index contributed by atoms with van der Waals surface area (Å²) >= 11 is 0. The molecule has 1 aliphatic heterocycles. The lowest BCUT2D eigenvalue weighted by atomic mass is 10.1. The number of carbonyl (C=O) groups is 1. The molecule has 1 atom stereocenters. The molecule has 0 fully saturated rings. The molecule has 1 amide bonds. The van der Waals surface area contributed by atoms with Crippen LogP contribution in [-0.2, 0) is 4.79 Å². The Labute approximate surface area is 112 Å². The smallest absolute Gasteiger partial charge is 0.238 e. The summed E-state index contributed by atoms with van der Waals surface area (Å²) in [5.41, 5.74) is 6.27. The van der Waals surface area contributed by atoms with Crippen molar-refractivity contribution < 1.29 is 9.18 Å². The van der Waals surface area contributed by atoms with E-state index in [0.717, 1.165) is 13.0 Å². The van der Waals surface area contributed by atoms with Gasteiger partial charge in [0.15, 0.2) is 0 Å². The molecule has 0 saturated heterocycles. The lowest BCUT2D eigenvalue weighted by molar-refractivity contribution is -0.117. The Bertz CT molecular complexity index is 458. The average molecular weight is 263 g/mol. The molecular formula is C14H18FN3O. The molecule has 0 bridgehead atoms. The van der Waals surface area contributed by atoms with Crippen molar-refractivity contribution in [2.24, 2.45) is 5.73 Å². The fraction of sp³-hybridized carbons (Fsp3) is 0.357. The highest BCUT2D eigenvalue weighted by Crippen LogP contribution is 2.11. The zero-order valence-corrected chi connectivity index (χ0v) is 10.7. The fourth-order valence-electron chi connectivity index (χ4n) is 2.12. The summed E-state index contributed by atoms with van der Waals surface area (Å²) in [6.45, 7) is 1.62. The van der Waals surface area contributed by atoms with E-state index in [1.807, 2.05) is 11.0 Å². The van der Waals surface area contributed by atoms with Crippen molar-refractivity contribution in [2.45, 2.75) is 12.5 Å². The number of anilines is 1. The van der Waals surface area contributed by atoms with Gasteiger partial charge in [0.05, 0.1) is 6.54 Å². The van der Waals surface area contributed by atoms with Gasteiger partial charge in [0.1, 0.15) is 5.82 Å². The maximum Gasteiger partial charge on any atom is 0.238 e. The minimum absolute atomic E-state index is 0.111. The van der Waals surface area contributed by atoms with Crippen molar-refractivity contribution in [3.05, 3.63) is 42.2 Å². The van der Waals surface area contributed by atoms with Crippen LogP contribution >= 0.6 is 0 Å². The molecule has 0 saturated carbocycles. The molecule has 102 valence electrons. The van der Waals surface area contributed by atoms with Gasteiger partial charge >= 0.3 is 0 Å². The third-order valence-electron chi connectivity index (χ3n) is 3.13. The van der Waals surface area contributed by atoms with E-state index < -0.39 is 0 Å².